The molecule has 116 valence electrons. The van der Waals surface area contributed by atoms with Gasteiger partial charge in [0.15, 0.2) is 0 Å². The Morgan fingerprint density at radius 2 is 1.65 bits per heavy atom. The first-order valence-corrected chi connectivity index (χ1v) is 7.53. The van der Waals surface area contributed by atoms with Crippen LogP contribution in [0.15, 0.2) is 0 Å². The van der Waals surface area contributed by atoms with E-state index in [-0.39, 0.29) is 25.4 Å². The highest BCUT2D eigenvalue weighted by atomic mass is 19.4. The molecule has 1 atom stereocenters. The average Bonchev–Trinajstić information content (AvgIpc) is 2.66. The van der Waals surface area contributed by atoms with Gasteiger partial charge in [-0.15, -0.1) is 0 Å². The largest absolute Gasteiger partial charge is 0.393 e. The molecule has 2 aliphatic heterocycles. The van der Waals surface area contributed by atoms with Crippen molar-refractivity contribution in [3.63, 3.8) is 0 Å². The number of amides is 1. The highest BCUT2D eigenvalue weighted by molar-refractivity contribution is 5.78. The molecule has 0 N–H and O–H groups in total. The zero-order valence-corrected chi connectivity index (χ0v) is 11.8. The van der Waals surface area contributed by atoms with Crippen LogP contribution in [0.4, 0.5) is 13.2 Å². The topological polar surface area (TPSA) is 23.6 Å². The molecule has 1 amide bonds. The van der Waals surface area contributed by atoms with Crippen LogP contribution in [0.5, 0.6) is 0 Å². The Morgan fingerprint density at radius 1 is 1.00 bits per heavy atom. The van der Waals surface area contributed by atoms with Gasteiger partial charge in [0.1, 0.15) is 0 Å². The van der Waals surface area contributed by atoms with Crippen LogP contribution in [0, 0.1) is 5.92 Å². The number of rotatable bonds is 2. The summed E-state index contributed by atoms with van der Waals surface area (Å²) in [5, 5.41) is 0. The summed E-state index contributed by atoms with van der Waals surface area (Å²) in [7, 11) is 0. The summed E-state index contributed by atoms with van der Waals surface area (Å²) < 4.78 is 38.2. The van der Waals surface area contributed by atoms with Crippen LogP contribution in [-0.2, 0) is 4.79 Å². The van der Waals surface area contributed by atoms with Crippen LogP contribution >= 0.6 is 0 Å². The predicted molar refractivity (Wildman–Crippen MR) is 70.3 cm³/mol. The number of nitrogens with zero attached hydrogens (tertiary/aromatic N) is 2. The first-order chi connectivity index (χ1) is 9.47. The summed E-state index contributed by atoms with van der Waals surface area (Å²) in [6.07, 6.45) is 0.959. The maximum absolute atomic E-state index is 12.7. The highest BCUT2D eigenvalue weighted by Crippen LogP contribution is 2.33. The van der Waals surface area contributed by atoms with Gasteiger partial charge in [0.25, 0.3) is 0 Å². The minimum atomic E-state index is -4.18. The van der Waals surface area contributed by atoms with E-state index in [1.54, 1.807) is 0 Å². The lowest BCUT2D eigenvalue weighted by Crippen LogP contribution is -2.48. The molecule has 0 radical (unpaired) electrons. The van der Waals surface area contributed by atoms with Crippen molar-refractivity contribution in [2.75, 3.05) is 32.7 Å². The fourth-order valence-electron chi connectivity index (χ4n) is 3.06. The van der Waals surface area contributed by atoms with Gasteiger partial charge in [-0.3, -0.25) is 9.69 Å². The van der Waals surface area contributed by atoms with Crippen molar-refractivity contribution in [2.24, 2.45) is 5.92 Å². The maximum Gasteiger partial charge on any atom is 0.393 e. The van der Waals surface area contributed by atoms with Crippen LogP contribution in [0.2, 0.25) is 0 Å². The van der Waals surface area contributed by atoms with Gasteiger partial charge in [-0.05, 0) is 38.8 Å². The van der Waals surface area contributed by atoms with Crippen molar-refractivity contribution in [1.29, 1.82) is 0 Å². The third-order valence-electron chi connectivity index (χ3n) is 4.29. The van der Waals surface area contributed by atoms with Gasteiger partial charge in [0.05, 0.1) is 12.5 Å². The summed E-state index contributed by atoms with van der Waals surface area (Å²) in [5.41, 5.74) is 0. The number of carbonyl (C=O) groups is 1. The third-order valence-corrected chi connectivity index (χ3v) is 4.29. The molecule has 0 aromatic rings. The molecule has 1 unspecified atom stereocenters. The lowest BCUT2D eigenvalue weighted by Gasteiger charge is -2.35. The molecule has 2 rings (SSSR count). The van der Waals surface area contributed by atoms with Crippen LogP contribution in [0.1, 0.15) is 38.5 Å². The first-order valence-electron chi connectivity index (χ1n) is 7.53. The van der Waals surface area contributed by atoms with E-state index >= 15 is 0 Å². The average molecular weight is 292 g/mol. The second kappa shape index (κ2) is 6.78. The minimum Gasteiger partial charge on any atom is -0.341 e. The van der Waals surface area contributed by atoms with Crippen molar-refractivity contribution in [3.8, 4) is 0 Å². The Labute approximate surface area is 118 Å². The molecule has 0 aliphatic carbocycles. The third kappa shape index (κ3) is 4.36. The van der Waals surface area contributed by atoms with Crippen molar-refractivity contribution in [2.45, 2.75) is 44.7 Å². The molecule has 2 fully saturated rings. The SMILES string of the molecule is O=C(CN1CCCCCC1)N1CCCC(C(F)(F)F)C1. The molecule has 2 saturated heterocycles. The minimum absolute atomic E-state index is 0.138. The van der Waals surface area contributed by atoms with Gasteiger partial charge >= 0.3 is 6.18 Å². The Bertz CT molecular complexity index is 325. The smallest absolute Gasteiger partial charge is 0.341 e. The van der Waals surface area contributed by atoms with E-state index in [1.165, 1.54) is 17.7 Å². The van der Waals surface area contributed by atoms with E-state index in [1.807, 2.05) is 0 Å². The van der Waals surface area contributed by atoms with Gasteiger partial charge in [-0.25, -0.2) is 0 Å². The molecule has 0 aromatic heterocycles. The lowest BCUT2D eigenvalue weighted by atomic mass is 9.97. The molecule has 0 spiro atoms. The summed E-state index contributed by atoms with van der Waals surface area (Å²) in [6, 6.07) is 0. The van der Waals surface area contributed by atoms with E-state index < -0.39 is 12.1 Å². The van der Waals surface area contributed by atoms with Crippen molar-refractivity contribution in [1.82, 2.24) is 9.80 Å². The van der Waals surface area contributed by atoms with Crippen molar-refractivity contribution >= 4 is 5.91 Å². The summed E-state index contributed by atoms with van der Waals surface area (Å²) in [5.74, 6) is -1.48. The van der Waals surface area contributed by atoms with Crippen molar-refractivity contribution < 1.29 is 18.0 Å². The molecular weight excluding hydrogens is 269 g/mol. The number of alkyl halides is 3. The zero-order valence-electron chi connectivity index (χ0n) is 11.8. The zero-order chi connectivity index (χ0) is 14.6. The van der Waals surface area contributed by atoms with Gasteiger partial charge in [0, 0.05) is 13.1 Å². The monoisotopic (exact) mass is 292 g/mol. The van der Waals surface area contributed by atoms with E-state index in [2.05, 4.69) is 4.90 Å². The van der Waals surface area contributed by atoms with Gasteiger partial charge in [-0.1, -0.05) is 12.8 Å². The van der Waals surface area contributed by atoms with E-state index in [0.29, 0.717) is 13.0 Å². The Morgan fingerprint density at radius 3 is 2.25 bits per heavy atom. The van der Waals surface area contributed by atoms with E-state index in [4.69, 9.17) is 0 Å². The number of carbonyl (C=O) groups excluding carboxylic acids is 1. The number of piperidine rings is 1. The number of likely N-dealkylation sites (tertiary alicyclic amines) is 2. The molecule has 6 heteroatoms. The number of hydrogen-bond donors (Lipinski definition) is 0. The van der Waals surface area contributed by atoms with Gasteiger partial charge in [0.2, 0.25) is 5.91 Å². The molecule has 3 nitrogen and oxygen atoms in total. The molecule has 0 aromatic carbocycles. The standard InChI is InChI=1S/C14H23F3N2O/c15-14(16,17)12-6-5-9-19(10-12)13(20)11-18-7-3-1-2-4-8-18/h12H,1-11H2. The van der Waals surface area contributed by atoms with Crippen LogP contribution in [-0.4, -0.2) is 54.6 Å². The number of halogens is 3. The quantitative estimate of drug-likeness (QED) is 0.781. The molecular formula is C14H23F3N2O. The highest BCUT2D eigenvalue weighted by Gasteiger charge is 2.42. The fraction of sp³-hybridized carbons (Fsp3) is 0.929. The Balaban J connectivity index is 1.85. The summed E-state index contributed by atoms with van der Waals surface area (Å²) in [4.78, 5) is 15.7. The number of hydrogen-bond acceptors (Lipinski definition) is 2. The molecule has 2 aliphatic rings. The molecule has 2 heterocycles. The van der Waals surface area contributed by atoms with Crippen LogP contribution < -0.4 is 0 Å². The van der Waals surface area contributed by atoms with E-state index in [9.17, 15) is 18.0 Å². The molecule has 20 heavy (non-hydrogen) atoms. The van der Waals surface area contributed by atoms with Crippen LogP contribution in [0.25, 0.3) is 0 Å². The lowest BCUT2D eigenvalue weighted by molar-refractivity contribution is -0.188. The normalized spacial score (nSPS) is 26.4. The Kier molecular flexibility index (Phi) is 5.29. The van der Waals surface area contributed by atoms with Gasteiger partial charge < -0.3 is 4.90 Å². The predicted octanol–water partition coefficient (Wildman–Crippen LogP) is 2.66. The van der Waals surface area contributed by atoms with Crippen molar-refractivity contribution in [3.05, 3.63) is 0 Å². The van der Waals surface area contributed by atoms with E-state index in [0.717, 1.165) is 25.9 Å². The van der Waals surface area contributed by atoms with Crippen LogP contribution in [0.3, 0.4) is 0 Å². The molecule has 0 bridgehead atoms. The second-order valence-electron chi connectivity index (χ2n) is 5.91. The Hall–Kier alpha value is -0.780. The summed E-state index contributed by atoms with van der Waals surface area (Å²) in [6.45, 7) is 2.38. The maximum atomic E-state index is 12.7. The van der Waals surface area contributed by atoms with Gasteiger partial charge in [-0.2, -0.15) is 13.2 Å². The second-order valence-corrected chi connectivity index (χ2v) is 5.91. The fourth-order valence-corrected chi connectivity index (χ4v) is 3.06. The summed E-state index contributed by atoms with van der Waals surface area (Å²) >= 11 is 0. The first kappa shape index (κ1) is 15.6. The molecule has 0 saturated carbocycles.